The number of esters is 2. The van der Waals surface area contributed by atoms with Gasteiger partial charge in [-0.25, -0.2) is 9.59 Å². The Morgan fingerprint density at radius 1 is 1.06 bits per heavy atom. The van der Waals surface area contributed by atoms with Gasteiger partial charge < -0.3 is 9.47 Å². The lowest BCUT2D eigenvalue weighted by Gasteiger charge is -2.32. The molecule has 0 atom stereocenters. The van der Waals surface area contributed by atoms with Gasteiger partial charge in [-0.05, 0) is 6.42 Å². The van der Waals surface area contributed by atoms with Crippen LogP contribution >= 0.6 is 0 Å². The SMILES string of the molecule is C=CC(=O)OC1(OC(=O)C=C)OCCCO1. The van der Waals surface area contributed by atoms with E-state index in [1.54, 1.807) is 0 Å². The Morgan fingerprint density at radius 2 is 1.50 bits per heavy atom. The van der Waals surface area contributed by atoms with Gasteiger partial charge in [-0.2, -0.15) is 0 Å². The fraction of sp³-hybridized carbons (Fsp3) is 0.400. The minimum absolute atomic E-state index is 0.245. The van der Waals surface area contributed by atoms with E-state index in [0.717, 1.165) is 12.2 Å². The summed E-state index contributed by atoms with van der Waals surface area (Å²) in [6.45, 7) is 6.91. The van der Waals surface area contributed by atoms with Gasteiger partial charge in [0.15, 0.2) is 0 Å². The molecule has 0 bridgehead atoms. The molecule has 0 unspecified atom stereocenters. The Bertz CT molecular complexity index is 278. The molecule has 0 aliphatic carbocycles. The topological polar surface area (TPSA) is 71.1 Å². The number of carbonyl (C=O) groups is 2. The van der Waals surface area contributed by atoms with Gasteiger partial charge in [0.2, 0.25) is 0 Å². The van der Waals surface area contributed by atoms with E-state index in [1.807, 2.05) is 0 Å². The molecule has 1 fully saturated rings. The highest BCUT2D eigenvalue weighted by Gasteiger charge is 2.44. The third-order valence-corrected chi connectivity index (χ3v) is 1.63. The van der Waals surface area contributed by atoms with Gasteiger partial charge in [0, 0.05) is 12.2 Å². The first-order chi connectivity index (χ1) is 7.62. The highest BCUT2D eigenvalue weighted by atomic mass is 17.0. The zero-order valence-electron chi connectivity index (χ0n) is 8.64. The first kappa shape index (κ1) is 12.4. The Hall–Kier alpha value is -1.66. The third kappa shape index (κ3) is 3.18. The third-order valence-electron chi connectivity index (χ3n) is 1.63. The molecule has 6 nitrogen and oxygen atoms in total. The average molecular weight is 228 g/mol. The van der Waals surface area contributed by atoms with E-state index in [0.29, 0.717) is 6.42 Å². The summed E-state index contributed by atoms with van der Waals surface area (Å²) in [4.78, 5) is 22.1. The second-order valence-corrected chi connectivity index (χ2v) is 2.80. The van der Waals surface area contributed by atoms with Crippen molar-refractivity contribution in [2.75, 3.05) is 13.2 Å². The molecule has 88 valence electrons. The van der Waals surface area contributed by atoms with E-state index >= 15 is 0 Å². The van der Waals surface area contributed by atoms with Crippen LogP contribution in [0.1, 0.15) is 6.42 Å². The molecular weight excluding hydrogens is 216 g/mol. The number of ether oxygens (including phenoxy) is 4. The molecule has 1 heterocycles. The summed E-state index contributed by atoms with van der Waals surface area (Å²) in [6.07, 6.45) is 0.309. The van der Waals surface area contributed by atoms with Gasteiger partial charge in [-0.3, -0.25) is 9.47 Å². The van der Waals surface area contributed by atoms with Crippen molar-refractivity contribution >= 4 is 11.9 Å². The first-order valence-corrected chi connectivity index (χ1v) is 4.60. The van der Waals surface area contributed by atoms with Crippen LogP contribution in [-0.2, 0) is 28.5 Å². The summed E-state index contributed by atoms with van der Waals surface area (Å²) in [5.74, 6) is -1.64. The van der Waals surface area contributed by atoms with Crippen molar-refractivity contribution in [3.8, 4) is 0 Å². The predicted octanol–water partition coefficient (Wildman–Crippen LogP) is 0.493. The second-order valence-electron chi connectivity index (χ2n) is 2.80. The summed E-state index contributed by atoms with van der Waals surface area (Å²) in [5, 5.41) is 0. The van der Waals surface area contributed by atoms with Crippen LogP contribution in [0.4, 0.5) is 0 Å². The van der Waals surface area contributed by atoms with Gasteiger partial charge in [0.1, 0.15) is 0 Å². The molecule has 0 spiro atoms. The van der Waals surface area contributed by atoms with E-state index in [4.69, 9.17) is 18.9 Å². The average Bonchev–Trinajstić information content (AvgIpc) is 2.29. The lowest BCUT2D eigenvalue weighted by molar-refractivity contribution is -0.478. The molecule has 0 amide bonds. The Kier molecular flexibility index (Phi) is 4.21. The molecule has 0 saturated carbocycles. The zero-order valence-corrected chi connectivity index (χ0v) is 8.64. The maximum absolute atomic E-state index is 11.0. The number of hydrogen-bond donors (Lipinski definition) is 0. The number of hydrogen-bond acceptors (Lipinski definition) is 6. The van der Waals surface area contributed by atoms with Gasteiger partial charge in [-0.15, -0.1) is 0 Å². The number of rotatable bonds is 4. The maximum atomic E-state index is 11.0. The van der Waals surface area contributed by atoms with Gasteiger partial charge in [0.25, 0.3) is 0 Å². The fourth-order valence-corrected chi connectivity index (χ4v) is 0.963. The summed E-state index contributed by atoms with van der Waals surface area (Å²) in [5.41, 5.74) is 0. The van der Waals surface area contributed by atoms with Crippen molar-refractivity contribution in [2.24, 2.45) is 0 Å². The van der Waals surface area contributed by atoms with Crippen LogP contribution in [0.3, 0.4) is 0 Å². The Morgan fingerprint density at radius 3 is 1.88 bits per heavy atom. The van der Waals surface area contributed by atoms with E-state index in [9.17, 15) is 9.59 Å². The van der Waals surface area contributed by atoms with E-state index in [1.165, 1.54) is 0 Å². The first-order valence-electron chi connectivity index (χ1n) is 4.60. The van der Waals surface area contributed by atoms with Crippen molar-refractivity contribution in [3.05, 3.63) is 25.3 Å². The highest BCUT2D eigenvalue weighted by Crippen LogP contribution is 2.22. The molecule has 6 heteroatoms. The van der Waals surface area contributed by atoms with Crippen LogP contribution in [0.5, 0.6) is 0 Å². The van der Waals surface area contributed by atoms with Gasteiger partial charge >= 0.3 is 18.1 Å². The fourth-order valence-electron chi connectivity index (χ4n) is 0.963. The van der Waals surface area contributed by atoms with Crippen molar-refractivity contribution < 1.29 is 28.5 Å². The van der Waals surface area contributed by atoms with Crippen LogP contribution < -0.4 is 0 Å². The Balaban J connectivity index is 2.73. The second kappa shape index (κ2) is 5.43. The van der Waals surface area contributed by atoms with Crippen LogP contribution in [0, 0.1) is 0 Å². The van der Waals surface area contributed by atoms with Crippen molar-refractivity contribution in [2.45, 2.75) is 12.6 Å². The van der Waals surface area contributed by atoms with E-state index < -0.39 is 18.1 Å². The molecule has 16 heavy (non-hydrogen) atoms. The summed E-state index contributed by atoms with van der Waals surface area (Å²) < 4.78 is 19.4. The van der Waals surface area contributed by atoms with Crippen LogP contribution in [-0.4, -0.2) is 31.3 Å². The maximum Gasteiger partial charge on any atom is 0.514 e. The molecule has 0 radical (unpaired) electrons. The minimum Gasteiger partial charge on any atom is -0.370 e. The van der Waals surface area contributed by atoms with Gasteiger partial charge in [0.05, 0.1) is 13.2 Å². The van der Waals surface area contributed by atoms with Crippen LogP contribution in [0.15, 0.2) is 25.3 Å². The van der Waals surface area contributed by atoms with Crippen molar-refractivity contribution in [1.82, 2.24) is 0 Å². The monoisotopic (exact) mass is 228 g/mol. The van der Waals surface area contributed by atoms with E-state index in [2.05, 4.69) is 13.2 Å². The molecule has 0 aromatic rings. The highest BCUT2D eigenvalue weighted by molar-refractivity contribution is 5.83. The lowest BCUT2D eigenvalue weighted by Crippen LogP contribution is -2.48. The molecule has 1 aliphatic heterocycles. The Labute approximate surface area is 92.4 Å². The standard InChI is InChI=1S/C10H12O6/c1-3-8(11)15-10(16-9(12)4-2)13-6-5-7-14-10/h3-4H,1-2,5-7H2. The molecule has 0 aromatic heterocycles. The molecule has 0 aromatic carbocycles. The molecular formula is C10H12O6. The van der Waals surface area contributed by atoms with Crippen LogP contribution in [0.25, 0.3) is 0 Å². The molecule has 0 N–H and O–H groups in total. The van der Waals surface area contributed by atoms with Crippen molar-refractivity contribution in [1.29, 1.82) is 0 Å². The molecule has 1 aliphatic rings. The normalized spacial score (nSPS) is 18.2. The lowest BCUT2D eigenvalue weighted by atomic mass is 10.5. The number of carbonyl (C=O) groups excluding carboxylic acids is 2. The smallest absolute Gasteiger partial charge is 0.370 e. The predicted molar refractivity (Wildman–Crippen MR) is 51.8 cm³/mol. The van der Waals surface area contributed by atoms with E-state index in [-0.39, 0.29) is 13.2 Å². The minimum atomic E-state index is -2.12. The summed E-state index contributed by atoms with van der Waals surface area (Å²) in [6, 6.07) is 0. The molecule has 1 saturated heterocycles. The quantitative estimate of drug-likeness (QED) is 0.396. The largest absolute Gasteiger partial charge is 0.514 e. The molecule has 1 rings (SSSR count). The summed E-state index contributed by atoms with van der Waals surface area (Å²) in [7, 11) is 0. The zero-order chi connectivity index (χ0) is 12.0. The van der Waals surface area contributed by atoms with Gasteiger partial charge in [-0.1, -0.05) is 13.2 Å². The van der Waals surface area contributed by atoms with Crippen LogP contribution in [0.2, 0.25) is 0 Å². The summed E-state index contributed by atoms with van der Waals surface area (Å²) >= 11 is 0. The van der Waals surface area contributed by atoms with Crippen molar-refractivity contribution in [3.63, 3.8) is 0 Å².